The SMILES string of the molecule is N#Cc1ccccc1C[n+]1ccc(-c2ccncc2)cc1.[Cl-]. The molecule has 4 heteroatoms. The van der Waals surface area contributed by atoms with Crippen LogP contribution in [0.25, 0.3) is 11.1 Å². The standard InChI is InChI=1S/C18H14N3.ClH/c19-13-17-3-1-2-4-18(17)14-21-11-7-16(8-12-21)15-5-9-20-10-6-15;/h1-12H,14H2;1H/q+1;/p-1. The predicted molar refractivity (Wildman–Crippen MR) is 80.1 cm³/mol. The van der Waals surface area contributed by atoms with Gasteiger partial charge in [-0.25, -0.2) is 4.57 Å². The molecule has 0 N–H and O–H groups in total. The van der Waals surface area contributed by atoms with Crippen molar-refractivity contribution in [2.75, 3.05) is 0 Å². The van der Waals surface area contributed by atoms with E-state index in [1.54, 1.807) is 12.4 Å². The summed E-state index contributed by atoms with van der Waals surface area (Å²) in [5.74, 6) is 0. The van der Waals surface area contributed by atoms with Crippen LogP contribution in [0.1, 0.15) is 11.1 Å². The molecule has 3 nitrogen and oxygen atoms in total. The quantitative estimate of drug-likeness (QED) is 0.637. The van der Waals surface area contributed by atoms with E-state index < -0.39 is 0 Å². The van der Waals surface area contributed by atoms with Crippen LogP contribution in [0, 0.1) is 11.3 Å². The number of rotatable bonds is 3. The maximum Gasteiger partial charge on any atom is 0.175 e. The monoisotopic (exact) mass is 307 g/mol. The number of pyridine rings is 2. The summed E-state index contributed by atoms with van der Waals surface area (Å²) < 4.78 is 2.07. The Balaban J connectivity index is 0.00000176. The molecule has 1 aromatic carbocycles. The lowest BCUT2D eigenvalue weighted by Crippen LogP contribution is -3.00. The molecule has 0 unspecified atom stereocenters. The van der Waals surface area contributed by atoms with Gasteiger partial charge in [0.25, 0.3) is 0 Å². The van der Waals surface area contributed by atoms with Crippen LogP contribution in [-0.2, 0) is 6.54 Å². The third kappa shape index (κ3) is 3.49. The van der Waals surface area contributed by atoms with E-state index in [4.69, 9.17) is 5.26 Å². The highest BCUT2D eigenvalue weighted by Gasteiger charge is 2.07. The van der Waals surface area contributed by atoms with Crippen molar-refractivity contribution in [1.29, 1.82) is 5.26 Å². The molecule has 0 fully saturated rings. The zero-order chi connectivity index (χ0) is 14.5. The average molecular weight is 308 g/mol. The minimum atomic E-state index is 0. The van der Waals surface area contributed by atoms with Gasteiger partial charge < -0.3 is 12.4 Å². The summed E-state index contributed by atoms with van der Waals surface area (Å²) in [4.78, 5) is 4.03. The van der Waals surface area contributed by atoms with E-state index in [0.717, 1.165) is 22.3 Å². The molecule has 22 heavy (non-hydrogen) atoms. The van der Waals surface area contributed by atoms with Crippen LogP contribution in [0.2, 0.25) is 0 Å². The van der Waals surface area contributed by atoms with Crippen molar-refractivity contribution in [2.45, 2.75) is 6.54 Å². The molecular weight excluding hydrogens is 294 g/mol. The van der Waals surface area contributed by atoms with E-state index in [0.29, 0.717) is 6.54 Å². The molecule has 3 rings (SSSR count). The first-order chi connectivity index (χ1) is 10.4. The van der Waals surface area contributed by atoms with Gasteiger partial charge in [-0.2, -0.15) is 5.26 Å². The molecule has 3 aromatic rings. The lowest BCUT2D eigenvalue weighted by molar-refractivity contribution is -0.688. The molecule has 0 bridgehead atoms. The van der Waals surface area contributed by atoms with Gasteiger partial charge in [-0.3, -0.25) is 4.98 Å². The van der Waals surface area contributed by atoms with Crippen molar-refractivity contribution in [3.63, 3.8) is 0 Å². The number of benzene rings is 1. The molecule has 0 saturated carbocycles. The van der Waals surface area contributed by atoms with Gasteiger partial charge in [0.2, 0.25) is 0 Å². The summed E-state index contributed by atoms with van der Waals surface area (Å²) in [6, 6.07) is 18.0. The van der Waals surface area contributed by atoms with Gasteiger partial charge in [0.15, 0.2) is 18.9 Å². The van der Waals surface area contributed by atoms with Gasteiger partial charge in [0.1, 0.15) is 0 Å². The van der Waals surface area contributed by atoms with E-state index in [1.165, 1.54) is 0 Å². The fraction of sp³-hybridized carbons (Fsp3) is 0.0556. The van der Waals surface area contributed by atoms with Gasteiger partial charge in [-0.05, 0) is 29.3 Å². The summed E-state index contributed by atoms with van der Waals surface area (Å²) in [5.41, 5.74) is 4.06. The van der Waals surface area contributed by atoms with E-state index in [-0.39, 0.29) is 12.4 Å². The number of halogens is 1. The molecule has 2 aromatic heterocycles. The Bertz CT molecular complexity index is 777. The zero-order valence-electron chi connectivity index (χ0n) is 11.9. The van der Waals surface area contributed by atoms with Crippen LogP contribution in [-0.4, -0.2) is 4.98 Å². The van der Waals surface area contributed by atoms with Gasteiger partial charge in [-0.15, -0.1) is 0 Å². The number of hydrogen-bond acceptors (Lipinski definition) is 2. The molecule has 0 spiro atoms. The first-order valence-electron chi connectivity index (χ1n) is 6.74. The van der Waals surface area contributed by atoms with Crippen molar-refractivity contribution < 1.29 is 17.0 Å². The molecular formula is C18H14ClN3. The first-order valence-corrected chi connectivity index (χ1v) is 6.74. The number of nitrogens with zero attached hydrogens (tertiary/aromatic N) is 3. The average Bonchev–Trinajstić information content (AvgIpc) is 2.57. The minimum absolute atomic E-state index is 0. The highest BCUT2D eigenvalue weighted by molar-refractivity contribution is 5.61. The van der Waals surface area contributed by atoms with E-state index in [9.17, 15) is 0 Å². The Labute approximate surface area is 135 Å². The number of hydrogen-bond donors (Lipinski definition) is 0. The predicted octanol–water partition coefficient (Wildman–Crippen LogP) is -0.0399. The van der Waals surface area contributed by atoms with Crippen LogP contribution in [0.3, 0.4) is 0 Å². The van der Waals surface area contributed by atoms with E-state index in [2.05, 4.69) is 27.8 Å². The molecule has 0 saturated heterocycles. The Morgan fingerprint density at radius 1 is 0.909 bits per heavy atom. The smallest absolute Gasteiger partial charge is 0.175 e. The first kappa shape index (κ1) is 15.7. The van der Waals surface area contributed by atoms with Crippen LogP contribution in [0.4, 0.5) is 0 Å². The summed E-state index contributed by atoms with van der Waals surface area (Å²) >= 11 is 0. The molecule has 0 aliphatic carbocycles. The Morgan fingerprint density at radius 2 is 1.55 bits per heavy atom. The largest absolute Gasteiger partial charge is 1.00 e. The van der Waals surface area contributed by atoms with Gasteiger partial charge in [0, 0.05) is 30.1 Å². The lowest BCUT2D eigenvalue weighted by Gasteiger charge is -2.02. The maximum atomic E-state index is 9.12. The minimum Gasteiger partial charge on any atom is -1.00 e. The van der Waals surface area contributed by atoms with Crippen LogP contribution in [0.15, 0.2) is 73.3 Å². The fourth-order valence-corrected chi connectivity index (χ4v) is 2.26. The Morgan fingerprint density at radius 3 is 2.23 bits per heavy atom. The molecule has 0 aliphatic rings. The summed E-state index contributed by atoms with van der Waals surface area (Å²) in [6.07, 6.45) is 7.65. The third-order valence-corrected chi connectivity index (χ3v) is 3.40. The van der Waals surface area contributed by atoms with Crippen LogP contribution >= 0.6 is 0 Å². The topological polar surface area (TPSA) is 40.6 Å². The zero-order valence-corrected chi connectivity index (χ0v) is 12.6. The second kappa shape index (κ2) is 7.35. The molecule has 0 amide bonds. The van der Waals surface area contributed by atoms with Gasteiger partial charge in [-0.1, -0.05) is 18.2 Å². The van der Waals surface area contributed by atoms with Crippen molar-refractivity contribution in [1.82, 2.24) is 4.98 Å². The van der Waals surface area contributed by atoms with Crippen LogP contribution in [0.5, 0.6) is 0 Å². The highest BCUT2D eigenvalue weighted by atomic mass is 35.5. The van der Waals surface area contributed by atoms with Gasteiger partial charge >= 0.3 is 0 Å². The second-order valence-corrected chi connectivity index (χ2v) is 4.76. The maximum absolute atomic E-state index is 9.12. The molecule has 2 heterocycles. The van der Waals surface area contributed by atoms with Crippen molar-refractivity contribution in [2.24, 2.45) is 0 Å². The molecule has 0 atom stereocenters. The summed E-state index contributed by atoms with van der Waals surface area (Å²) in [7, 11) is 0. The molecule has 108 valence electrons. The summed E-state index contributed by atoms with van der Waals surface area (Å²) in [6.45, 7) is 0.695. The molecule has 0 radical (unpaired) electrons. The Kier molecular flexibility index (Phi) is 5.24. The van der Waals surface area contributed by atoms with Crippen molar-refractivity contribution >= 4 is 0 Å². The fourth-order valence-electron chi connectivity index (χ4n) is 2.26. The van der Waals surface area contributed by atoms with Crippen molar-refractivity contribution in [3.8, 4) is 17.2 Å². The summed E-state index contributed by atoms with van der Waals surface area (Å²) in [5, 5.41) is 9.12. The van der Waals surface area contributed by atoms with E-state index in [1.807, 2.05) is 48.8 Å². The van der Waals surface area contributed by atoms with Crippen molar-refractivity contribution in [3.05, 3.63) is 84.4 Å². The Hall–Kier alpha value is -2.70. The highest BCUT2D eigenvalue weighted by Crippen LogP contribution is 2.16. The van der Waals surface area contributed by atoms with Crippen LogP contribution < -0.4 is 17.0 Å². The third-order valence-electron chi connectivity index (χ3n) is 3.40. The number of aromatic nitrogens is 2. The normalized spacial score (nSPS) is 9.59. The lowest BCUT2D eigenvalue weighted by atomic mass is 10.1. The second-order valence-electron chi connectivity index (χ2n) is 4.76. The number of nitriles is 1. The van der Waals surface area contributed by atoms with Gasteiger partial charge in [0.05, 0.1) is 11.6 Å². The molecule has 0 aliphatic heterocycles. The van der Waals surface area contributed by atoms with E-state index >= 15 is 0 Å².